The molecular weight excluding hydrogens is 948 g/mol. The summed E-state index contributed by atoms with van der Waals surface area (Å²) in [5.74, 6) is -0.603. The van der Waals surface area contributed by atoms with Crippen LogP contribution in [0.5, 0.6) is 0 Å². The van der Waals surface area contributed by atoms with E-state index in [9.17, 15) is 36.3 Å². The number of carbonyl (C=O) groups is 3. The van der Waals surface area contributed by atoms with Gasteiger partial charge in [-0.3, -0.25) is 14.4 Å². The molecule has 0 radical (unpaired) electrons. The van der Waals surface area contributed by atoms with Gasteiger partial charge >= 0.3 is 0 Å². The predicted molar refractivity (Wildman–Crippen MR) is 254 cm³/mol. The van der Waals surface area contributed by atoms with Crippen molar-refractivity contribution in [1.82, 2.24) is 19.2 Å². The van der Waals surface area contributed by atoms with Crippen LogP contribution in [-0.4, -0.2) is 74.3 Å². The molecule has 0 atom stereocenters. The van der Waals surface area contributed by atoms with Gasteiger partial charge in [0.05, 0.1) is 18.7 Å². The Morgan fingerprint density at radius 1 is 0.569 bits per heavy atom. The maximum absolute atomic E-state index is 13.1. The van der Waals surface area contributed by atoms with E-state index in [1.165, 1.54) is 8.61 Å². The quantitative estimate of drug-likeness (QED) is 0.0967. The van der Waals surface area contributed by atoms with Crippen molar-refractivity contribution in [3.8, 4) is 0 Å². The number of amides is 2. The van der Waals surface area contributed by atoms with Crippen LogP contribution in [-0.2, 0) is 38.7 Å². The summed E-state index contributed by atoms with van der Waals surface area (Å²) in [5, 5.41) is 17.7. The van der Waals surface area contributed by atoms with E-state index >= 15 is 0 Å². The second-order valence-electron chi connectivity index (χ2n) is 15.5. The summed E-state index contributed by atoms with van der Waals surface area (Å²) in [6.07, 6.45) is 1.68. The van der Waals surface area contributed by atoms with Gasteiger partial charge in [-0.05, 0) is 104 Å². The summed E-state index contributed by atoms with van der Waals surface area (Å²) >= 11 is 14.0. The van der Waals surface area contributed by atoms with Crippen LogP contribution in [0, 0.1) is 5.92 Å². The van der Waals surface area contributed by atoms with Gasteiger partial charge in [-0.25, -0.2) is 16.8 Å². The minimum Gasteiger partial charge on any atom is -0.385 e. The zero-order valence-electron chi connectivity index (χ0n) is 34.9. The number of nitrogens with zero attached hydrogens (tertiary/aromatic N) is 2. The molecule has 4 aromatic carbocycles. The Hall–Kier alpha value is -4.75. The van der Waals surface area contributed by atoms with Gasteiger partial charge in [0.25, 0.3) is 31.9 Å². The molecule has 2 amide bonds. The van der Waals surface area contributed by atoms with E-state index in [-0.39, 0.29) is 58.1 Å². The molecule has 4 heterocycles. The summed E-state index contributed by atoms with van der Waals surface area (Å²) < 4.78 is 55.7. The van der Waals surface area contributed by atoms with Crippen molar-refractivity contribution in [2.45, 2.75) is 52.8 Å². The molecule has 8 rings (SSSR count). The number of benzene rings is 4. The highest BCUT2D eigenvalue weighted by Crippen LogP contribution is 2.36. The number of sulfonamides is 2. The number of halogens is 2. The maximum Gasteiger partial charge on any atom is 0.252 e. The molecular formula is C47H46Cl2N4O8S4. The standard InChI is InChI=1S/C24H23ClN2O4S2.C23H23ClN2O4S2/c25-20-8-6-19(7-9-20)24(29)26-16-21-10-11-22(32-21)33(30,31)27-14-12-18(13-15-27)23(28)17-4-2-1-3-5-17;24-19-8-6-17(7-9-19)22(27)25-16-20-10-11-21(31-20)32(29,30)26-14-12-23(28,13-15-26)18-4-2-1-3-5-18/h1-11,18H,12-16H2,(H,26,29);1-11,28H,12-16H2,(H,25,27). The Balaban J connectivity index is 0.000000194. The van der Waals surface area contributed by atoms with Crippen molar-refractivity contribution >= 4 is 83.5 Å². The first-order valence-corrected chi connectivity index (χ1v) is 26.0. The van der Waals surface area contributed by atoms with E-state index in [0.29, 0.717) is 65.5 Å². The lowest BCUT2D eigenvalue weighted by molar-refractivity contribution is -0.00959. The van der Waals surface area contributed by atoms with Gasteiger partial charge in [-0.1, -0.05) is 83.9 Å². The normalized spacial score (nSPS) is 15.9. The molecule has 0 saturated carbocycles. The second-order valence-corrected chi connectivity index (χ2v) is 23.1. The fraction of sp³-hybridized carbons (Fsp3) is 0.255. The molecule has 6 aromatic rings. The fourth-order valence-corrected chi connectivity index (χ4v) is 13.6. The number of ketones is 1. The van der Waals surface area contributed by atoms with E-state index in [4.69, 9.17) is 23.2 Å². The van der Waals surface area contributed by atoms with Crippen LogP contribution in [0.15, 0.2) is 142 Å². The summed E-state index contributed by atoms with van der Waals surface area (Å²) in [5.41, 5.74) is 1.43. The zero-order chi connectivity index (χ0) is 46.2. The van der Waals surface area contributed by atoms with Crippen molar-refractivity contribution in [2.24, 2.45) is 5.92 Å². The van der Waals surface area contributed by atoms with E-state index in [0.717, 1.165) is 38.0 Å². The molecule has 2 fully saturated rings. The van der Waals surface area contributed by atoms with Crippen LogP contribution < -0.4 is 10.6 Å². The zero-order valence-corrected chi connectivity index (χ0v) is 39.7. The van der Waals surface area contributed by atoms with E-state index in [1.807, 2.05) is 48.5 Å². The number of Topliss-reactive ketones (excluding diaryl/α,β-unsaturated/α-hetero) is 1. The van der Waals surface area contributed by atoms with Crippen molar-refractivity contribution in [3.63, 3.8) is 0 Å². The molecule has 0 bridgehead atoms. The lowest BCUT2D eigenvalue weighted by atomic mass is 9.85. The van der Waals surface area contributed by atoms with Crippen molar-refractivity contribution in [3.05, 3.63) is 176 Å². The van der Waals surface area contributed by atoms with Gasteiger partial charge in [0.15, 0.2) is 5.78 Å². The Bertz CT molecular complexity index is 2810. The van der Waals surface area contributed by atoms with Crippen LogP contribution in [0.1, 0.15) is 72.1 Å². The lowest BCUT2D eigenvalue weighted by Crippen LogP contribution is -2.44. The van der Waals surface area contributed by atoms with Crippen LogP contribution in [0.2, 0.25) is 10.0 Å². The number of aliphatic hydroxyl groups is 1. The second kappa shape index (κ2) is 21.3. The van der Waals surface area contributed by atoms with Gasteiger partial charge in [0.2, 0.25) is 0 Å². The van der Waals surface area contributed by atoms with Crippen molar-refractivity contribution in [2.75, 3.05) is 26.2 Å². The summed E-state index contributed by atoms with van der Waals surface area (Å²) in [6, 6.07) is 38.2. The average molecular weight is 994 g/mol. The fourth-order valence-electron chi connectivity index (χ4n) is 7.51. The summed E-state index contributed by atoms with van der Waals surface area (Å²) in [4.78, 5) is 38.7. The first-order chi connectivity index (χ1) is 31.1. The van der Waals surface area contributed by atoms with Crippen molar-refractivity contribution in [1.29, 1.82) is 0 Å². The molecule has 0 spiro atoms. The SMILES string of the molecule is O=C(NCc1ccc(S(=O)(=O)N2CCC(C(=O)c3ccccc3)CC2)s1)c1ccc(Cl)cc1.O=C(NCc1ccc(S(=O)(=O)N2CCC(O)(c3ccccc3)CC2)s1)c1ccc(Cl)cc1. The molecule has 2 saturated heterocycles. The van der Waals surface area contributed by atoms with E-state index < -0.39 is 25.6 Å². The average Bonchev–Trinajstić information content (AvgIpc) is 4.03. The number of carbonyl (C=O) groups excluding carboxylic acids is 3. The third kappa shape index (κ3) is 12.0. The Morgan fingerprint density at radius 2 is 0.985 bits per heavy atom. The molecule has 3 N–H and O–H groups in total. The molecule has 18 heteroatoms. The number of rotatable bonds is 13. The van der Waals surface area contributed by atoms with Gasteiger partial charge in [-0.2, -0.15) is 8.61 Å². The molecule has 0 aliphatic carbocycles. The highest BCUT2D eigenvalue weighted by Gasteiger charge is 2.39. The molecule has 2 aliphatic heterocycles. The maximum atomic E-state index is 13.1. The summed E-state index contributed by atoms with van der Waals surface area (Å²) in [7, 11) is -7.29. The smallest absolute Gasteiger partial charge is 0.252 e. The van der Waals surface area contributed by atoms with Crippen LogP contribution in [0.25, 0.3) is 0 Å². The number of nitrogens with one attached hydrogen (secondary N) is 2. The highest BCUT2D eigenvalue weighted by atomic mass is 35.5. The highest BCUT2D eigenvalue weighted by molar-refractivity contribution is 7.91. The number of thiophene rings is 2. The topological polar surface area (TPSA) is 170 Å². The Labute approximate surface area is 396 Å². The molecule has 2 aromatic heterocycles. The van der Waals surface area contributed by atoms with E-state index in [1.54, 1.807) is 84.9 Å². The number of hydrogen-bond donors (Lipinski definition) is 3. The molecule has 12 nitrogen and oxygen atoms in total. The monoisotopic (exact) mass is 992 g/mol. The van der Waals surface area contributed by atoms with Gasteiger partial charge in [0.1, 0.15) is 8.42 Å². The van der Waals surface area contributed by atoms with Crippen LogP contribution in [0.3, 0.4) is 0 Å². The minimum absolute atomic E-state index is 0.0717. The third-order valence-corrected chi connectivity index (χ3v) is 18.7. The summed E-state index contributed by atoms with van der Waals surface area (Å²) in [6.45, 7) is 1.57. The number of piperidine rings is 2. The van der Waals surface area contributed by atoms with Gasteiger partial charge < -0.3 is 15.7 Å². The Morgan fingerprint density at radius 3 is 1.43 bits per heavy atom. The largest absolute Gasteiger partial charge is 0.385 e. The van der Waals surface area contributed by atoms with Crippen molar-refractivity contribution < 1.29 is 36.3 Å². The lowest BCUT2D eigenvalue weighted by Gasteiger charge is -2.37. The van der Waals surface area contributed by atoms with Crippen LogP contribution in [0.4, 0.5) is 0 Å². The molecule has 0 unspecified atom stereocenters. The molecule has 340 valence electrons. The van der Waals surface area contributed by atoms with Gasteiger partial charge in [0, 0.05) is 68.6 Å². The molecule has 2 aliphatic rings. The van der Waals surface area contributed by atoms with E-state index in [2.05, 4.69) is 10.6 Å². The minimum atomic E-state index is -3.66. The third-order valence-electron chi connectivity index (χ3n) is 11.3. The number of hydrogen-bond acceptors (Lipinski definition) is 10. The molecule has 65 heavy (non-hydrogen) atoms. The predicted octanol–water partition coefficient (Wildman–Crippen LogP) is 8.62. The first kappa shape index (κ1) is 48.2. The van der Waals surface area contributed by atoms with Gasteiger partial charge in [-0.15, -0.1) is 22.7 Å². The first-order valence-electron chi connectivity index (χ1n) is 20.7. The van der Waals surface area contributed by atoms with Crippen LogP contribution >= 0.6 is 45.9 Å². The Kier molecular flexibility index (Phi) is 15.8.